The van der Waals surface area contributed by atoms with E-state index in [4.69, 9.17) is 0 Å². The second-order valence-electron chi connectivity index (χ2n) is 5.57. The molecule has 2 rings (SSSR count). The standard InChI is InChI=1S/C13H24N2O.ClH/c1-10-8-12(9-10)15-13(16)3-2-11-4-6-14-7-5-11;/h10-12,14H,2-9H2,1H3,(H,15,16);1H. The normalized spacial score (nSPS) is 29.0. The Morgan fingerprint density at radius 3 is 2.53 bits per heavy atom. The molecule has 2 N–H and O–H groups in total. The lowest BCUT2D eigenvalue weighted by molar-refractivity contribution is -0.122. The fraction of sp³-hybridized carbons (Fsp3) is 0.923. The second kappa shape index (κ2) is 7.22. The molecule has 0 bridgehead atoms. The third-order valence-corrected chi connectivity index (χ3v) is 3.98. The summed E-state index contributed by atoms with van der Waals surface area (Å²) in [4.78, 5) is 11.7. The third kappa shape index (κ3) is 4.84. The Labute approximate surface area is 111 Å². The number of hydrogen-bond donors (Lipinski definition) is 2. The molecule has 0 aromatic carbocycles. The molecule has 1 aliphatic heterocycles. The molecule has 1 saturated carbocycles. The van der Waals surface area contributed by atoms with Crippen LogP contribution < -0.4 is 10.6 Å². The van der Waals surface area contributed by atoms with E-state index in [-0.39, 0.29) is 18.3 Å². The summed E-state index contributed by atoms with van der Waals surface area (Å²) in [6, 6.07) is 0.482. The molecule has 3 nitrogen and oxygen atoms in total. The Bertz CT molecular complexity index is 236. The molecular weight excluding hydrogens is 236 g/mol. The summed E-state index contributed by atoms with van der Waals surface area (Å²) in [7, 11) is 0. The minimum absolute atomic E-state index is 0. The number of carbonyl (C=O) groups excluding carboxylic acids is 1. The van der Waals surface area contributed by atoms with Crippen molar-refractivity contribution in [3.8, 4) is 0 Å². The van der Waals surface area contributed by atoms with Crippen LogP contribution >= 0.6 is 12.4 Å². The first-order valence-corrected chi connectivity index (χ1v) is 6.74. The quantitative estimate of drug-likeness (QED) is 0.813. The van der Waals surface area contributed by atoms with Crippen LogP contribution in [-0.4, -0.2) is 25.0 Å². The molecule has 1 saturated heterocycles. The largest absolute Gasteiger partial charge is 0.353 e. The minimum atomic E-state index is 0. The maximum atomic E-state index is 11.7. The average molecular weight is 261 g/mol. The van der Waals surface area contributed by atoms with E-state index in [1.54, 1.807) is 0 Å². The molecule has 2 aliphatic rings. The Morgan fingerprint density at radius 2 is 1.94 bits per heavy atom. The predicted octanol–water partition coefficient (Wildman–Crippen LogP) is 2.10. The van der Waals surface area contributed by atoms with Crippen LogP contribution in [0.15, 0.2) is 0 Å². The van der Waals surface area contributed by atoms with E-state index >= 15 is 0 Å². The lowest BCUT2D eigenvalue weighted by atomic mass is 9.82. The smallest absolute Gasteiger partial charge is 0.220 e. The van der Waals surface area contributed by atoms with Crippen LogP contribution in [0.4, 0.5) is 0 Å². The van der Waals surface area contributed by atoms with Gasteiger partial charge in [-0.05, 0) is 57.0 Å². The van der Waals surface area contributed by atoms with Crippen molar-refractivity contribution in [2.45, 2.75) is 51.5 Å². The van der Waals surface area contributed by atoms with E-state index in [1.807, 2.05) is 0 Å². The summed E-state index contributed by atoms with van der Waals surface area (Å²) < 4.78 is 0. The van der Waals surface area contributed by atoms with Crippen LogP contribution in [0.3, 0.4) is 0 Å². The highest BCUT2D eigenvalue weighted by molar-refractivity contribution is 5.85. The van der Waals surface area contributed by atoms with Gasteiger partial charge in [0.25, 0.3) is 0 Å². The number of halogens is 1. The highest BCUT2D eigenvalue weighted by atomic mass is 35.5. The molecule has 4 heteroatoms. The summed E-state index contributed by atoms with van der Waals surface area (Å²) in [5.74, 6) is 1.86. The summed E-state index contributed by atoms with van der Waals surface area (Å²) in [5.41, 5.74) is 0. The molecule has 0 atom stereocenters. The molecule has 100 valence electrons. The number of piperidine rings is 1. The van der Waals surface area contributed by atoms with E-state index in [9.17, 15) is 4.79 Å². The lowest BCUT2D eigenvalue weighted by Gasteiger charge is -2.33. The van der Waals surface area contributed by atoms with Gasteiger partial charge >= 0.3 is 0 Å². The van der Waals surface area contributed by atoms with Gasteiger partial charge < -0.3 is 10.6 Å². The maximum Gasteiger partial charge on any atom is 0.220 e. The van der Waals surface area contributed by atoms with Crippen LogP contribution in [0.25, 0.3) is 0 Å². The molecule has 1 aliphatic carbocycles. The van der Waals surface area contributed by atoms with E-state index in [0.717, 1.165) is 37.8 Å². The number of nitrogens with one attached hydrogen (secondary N) is 2. The predicted molar refractivity (Wildman–Crippen MR) is 72.4 cm³/mol. The van der Waals surface area contributed by atoms with Crippen molar-refractivity contribution in [3.05, 3.63) is 0 Å². The highest BCUT2D eigenvalue weighted by Gasteiger charge is 2.26. The number of carbonyl (C=O) groups is 1. The van der Waals surface area contributed by atoms with Crippen LogP contribution in [-0.2, 0) is 4.79 Å². The van der Waals surface area contributed by atoms with Crippen LogP contribution in [0.2, 0.25) is 0 Å². The molecule has 0 radical (unpaired) electrons. The highest BCUT2D eigenvalue weighted by Crippen LogP contribution is 2.26. The Kier molecular flexibility index (Phi) is 6.28. The number of rotatable bonds is 4. The monoisotopic (exact) mass is 260 g/mol. The molecule has 1 amide bonds. The average Bonchev–Trinajstić information content (AvgIpc) is 2.26. The molecule has 17 heavy (non-hydrogen) atoms. The Morgan fingerprint density at radius 1 is 1.29 bits per heavy atom. The van der Waals surface area contributed by atoms with Gasteiger partial charge in [-0.1, -0.05) is 6.92 Å². The summed E-state index contributed by atoms with van der Waals surface area (Å²) >= 11 is 0. The van der Waals surface area contributed by atoms with Gasteiger partial charge in [0.1, 0.15) is 0 Å². The van der Waals surface area contributed by atoms with E-state index in [0.29, 0.717) is 6.04 Å². The van der Waals surface area contributed by atoms with Crippen molar-refractivity contribution in [3.63, 3.8) is 0 Å². The lowest BCUT2D eigenvalue weighted by Crippen LogP contribution is -2.43. The van der Waals surface area contributed by atoms with Gasteiger partial charge in [-0.15, -0.1) is 12.4 Å². The Balaban J connectivity index is 0.00000144. The molecule has 0 aromatic rings. The Hall–Kier alpha value is -0.280. The second-order valence-corrected chi connectivity index (χ2v) is 5.57. The van der Waals surface area contributed by atoms with Crippen molar-refractivity contribution < 1.29 is 4.79 Å². The van der Waals surface area contributed by atoms with Gasteiger partial charge in [-0.25, -0.2) is 0 Å². The van der Waals surface area contributed by atoms with Crippen molar-refractivity contribution in [2.24, 2.45) is 11.8 Å². The summed E-state index contributed by atoms with van der Waals surface area (Å²) in [5, 5.41) is 6.49. The fourth-order valence-electron chi connectivity index (χ4n) is 2.83. The van der Waals surface area contributed by atoms with Gasteiger partial charge in [0.2, 0.25) is 5.91 Å². The van der Waals surface area contributed by atoms with Crippen molar-refractivity contribution in [2.75, 3.05) is 13.1 Å². The molecule has 0 aromatic heterocycles. The molecule has 1 heterocycles. The number of hydrogen-bond acceptors (Lipinski definition) is 2. The first-order chi connectivity index (χ1) is 7.74. The van der Waals surface area contributed by atoms with Gasteiger partial charge in [-0.2, -0.15) is 0 Å². The van der Waals surface area contributed by atoms with E-state index < -0.39 is 0 Å². The maximum absolute atomic E-state index is 11.7. The van der Waals surface area contributed by atoms with Crippen LogP contribution in [0.5, 0.6) is 0 Å². The zero-order valence-corrected chi connectivity index (χ0v) is 11.5. The van der Waals surface area contributed by atoms with E-state index in [1.165, 1.54) is 25.7 Å². The van der Waals surface area contributed by atoms with Gasteiger partial charge in [0.15, 0.2) is 0 Å². The number of amides is 1. The molecule has 0 unspecified atom stereocenters. The first-order valence-electron chi connectivity index (χ1n) is 6.74. The molecule has 0 spiro atoms. The van der Waals surface area contributed by atoms with Crippen molar-refractivity contribution >= 4 is 18.3 Å². The van der Waals surface area contributed by atoms with Crippen LogP contribution in [0.1, 0.15) is 45.4 Å². The summed E-state index contributed by atoms with van der Waals surface area (Å²) in [6.45, 7) is 4.51. The minimum Gasteiger partial charge on any atom is -0.353 e. The fourth-order valence-corrected chi connectivity index (χ4v) is 2.83. The van der Waals surface area contributed by atoms with E-state index in [2.05, 4.69) is 17.6 Å². The van der Waals surface area contributed by atoms with Gasteiger partial charge in [0, 0.05) is 12.5 Å². The zero-order chi connectivity index (χ0) is 11.4. The van der Waals surface area contributed by atoms with Crippen molar-refractivity contribution in [1.29, 1.82) is 0 Å². The third-order valence-electron chi connectivity index (χ3n) is 3.98. The van der Waals surface area contributed by atoms with Gasteiger partial charge in [0.05, 0.1) is 0 Å². The summed E-state index contributed by atoms with van der Waals surface area (Å²) in [6.07, 6.45) is 6.66. The van der Waals surface area contributed by atoms with Crippen molar-refractivity contribution in [1.82, 2.24) is 10.6 Å². The van der Waals surface area contributed by atoms with Crippen LogP contribution in [0, 0.1) is 11.8 Å². The molecular formula is C13H25ClN2O. The molecule has 2 fully saturated rings. The van der Waals surface area contributed by atoms with Gasteiger partial charge in [-0.3, -0.25) is 4.79 Å². The SMILES string of the molecule is CC1CC(NC(=O)CCC2CCNCC2)C1.Cl. The topological polar surface area (TPSA) is 41.1 Å². The zero-order valence-electron chi connectivity index (χ0n) is 10.7. The first kappa shape index (κ1) is 14.8.